The third-order valence-electron chi connectivity index (χ3n) is 0. The van der Waals surface area contributed by atoms with Gasteiger partial charge in [-0.25, -0.2) is 0 Å². The Kier molecular flexibility index (Phi) is 24.6. The predicted octanol–water partition coefficient (Wildman–Crippen LogP) is -13.1. The van der Waals surface area contributed by atoms with Gasteiger partial charge in [-0.3, -0.25) is 0 Å². The first kappa shape index (κ1) is 17.3. The van der Waals surface area contributed by atoms with Crippen molar-refractivity contribution < 1.29 is 90.4 Å². The van der Waals surface area contributed by atoms with Crippen LogP contribution in [0.15, 0.2) is 0 Å². The van der Waals surface area contributed by atoms with Gasteiger partial charge in [0.15, 0.2) is 0 Å². The SMILES string of the molecule is [Hg+2].[O-][I+2]([O-])[O-].[O-][I+2]([O-])[O-]. The molecule has 0 N–H and O–H groups in total. The normalized spacial score (nSPS) is 8.00. The Morgan fingerprint density at radius 2 is 0.556 bits per heavy atom. The smallest absolute Gasteiger partial charge is 0.427 e. The predicted molar refractivity (Wildman–Crippen MR) is 0 cm³/mol. The second-order valence-electron chi connectivity index (χ2n) is 0.378. The van der Waals surface area contributed by atoms with Gasteiger partial charge >= 0.3 is 27.7 Å². The molecule has 9 heavy (non-hydrogen) atoms. The minimum absolute atomic E-state index is 0. The van der Waals surface area contributed by atoms with E-state index in [-0.39, 0.29) is 27.7 Å². The Labute approximate surface area is 89.1 Å². The molecular weight excluding hydrogens is 550 g/mol. The number of hydrogen-bond acceptors (Lipinski definition) is 6. The standard InChI is InChI=1S/Hg.2IO3/c;2*2-1(3)4/q+2;2*-1. The van der Waals surface area contributed by atoms with Crippen LogP contribution < -0.4 is 62.7 Å². The Bertz CT molecular complexity index is 26.5. The van der Waals surface area contributed by atoms with Crippen LogP contribution in [0, 0.1) is 0 Å². The summed E-state index contributed by atoms with van der Waals surface area (Å²) in [5.41, 5.74) is 0. The quantitative estimate of drug-likeness (QED) is 0.217. The fourth-order valence-electron chi connectivity index (χ4n) is 0. The van der Waals surface area contributed by atoms with Gasteiger partial charge in [-0.05, 0) is 0 Å². The van der Waals surface area contributed by atoms with Crippen molar-refractivity contribution in [1.82, 2.24) is 0 Å². The van der Waals surface area contributed by atoms with Gasteiger partial charge in [-0.15, -0.1) is 0 Å². The third kappa shape index (κ3) is 145. The molecule has 0 aromatic heterocycles. The molecule has 0 atom stereocenters. The summed E-state index contributed by atoms with van der Waals surface area (Å²) in [4.78, 5) is 0. The summed E-state index contributed by atoms with van der Waals surface area (Å²) >= 11 is -8.03. The van der Waals surface area contributed by atoms with E-state index in [1.165, 1.54) is 0 Å². The monoisotopic (exact) mass is 552 g/mol. The molecule has 0 saturated carbocycles. The van der Waals surface area contributed by atoms with Crippen molar-refractivity contribution in [2.45, 2.75) is 0 Å². The summed E-state index contributed by atoms with van der Waals surface area (Å²) in [6.07, 6.45) is 0. The summed E-state index contributed by atoms with van der Waals surface area (Å²) in [7, 11) is 0. The zero-order valence-electron chi connectivity index (χ0n) is 3.91. The zero-order chi connectivity index (χ0) is 7.15. The van der Waals surface area contributed by atoms with Gasteiger partial charge < -0.3 is 20.6 Å². The summed E-state index contributed by atoms with van der Waals surface area (Å²) in [5.74, 6) is 0. The zero-order valence-corrected chi connectivity index (χ0v) is 13.7. The van der Waals surface area contributed by atoms with Crippen molar-refractivity contribution in [3.8, 4) is 0 Å². The van der Waals surface area contributed by atoms with Gasteiger partial charge in [0.1, 0.15) is 0 Å². The fraction of sp³-hybridized carbons (Fsp3) is 0. The van der Waals surface area contributed by atoms with Crippen molar-refractivity contribution in [2.75, 3.05) is 0 Å². The summed E-state index contributed by atoms with van der Waals surface area (Å²) < 4.78 is 51.4. The molecule has 0 spiro atoms. The third-order valence-corrected chi connectivity index (χ3v) is 0. The number of hydrogen-bond donors (Lipinski definition) is 0. The van der Waals surface area contributed by atoms with Crippen molar-refractivity contribution in [2.24, 2.45) is 0 Å². The molecule has 0 bridgehead atoms. The van der Waals surface area contributed by atoms with Gasteiger partial charge in [0.2, 0.25) is 0 Å². The van der Waals surface area contributed by atoms with Gasteiger partial charge in [0.25, 0.3) is 42.1 Å². The van der Waals surface area contributed by atoms with Gasteiger partial charge in [0.05, 0.1) is 0 Å². The van der Waals surface area contributed by atoms with Crippen LogP contribution in [0.3, 0.4) is 0 Å². The average molecular weight is 550 g/mol. The molecule has 0 aliphatic heterocycles. The van der Waals surface area contributed by atoms with Crippen LogP contribution in [0.5, 0.6) is 0 Å². The second-order valence-corrected chi connectivity index (χ2v) is 2.54. The van der Waals surface area contributed by atoms with Crippen LogP contribution in [-0.4, -0.2) is 0 Å². The molecular formula is HgI2O6. The van der Waals surface area contributed by atoms with E-state index >= 15 is 0 Å². The molecule has 0 radical (unpaired) electrons. The maximum atomic E-state index is 8.57. The van der Waals surface area contributed by atoms with Crippen LogP contribution in [0.4, 0.5) is 0 Å². The molecule has 0 saturated heterocycles. The van der Waals surface area contributed by atoms with E-state index in [1.807, 2.05) is 0 Å². The average Bonchev–Trinajstić information content (AvgIpc) is 1.25. The van der Waals surface area contributed by atoms with Crippen molar-refractivity contribution >= 4 is 0 Å². The summed E-state index contributed by atoms with van der Waals surface area (Å²) in [6.45, 7) is 0. The Hall–Kier alpha value is 2.16. The van der Waals surface area contributed by atoms with E-state index in [4.69, 9.17) is 20.6 Å². The molecule has 0 heterocycles. The minimum Gasteiger partial charge on any atom is -0.427 e. The van der Waals surface area contributed by atoms with E-state index in [0.717, 1.165) is 0 Å². The van der Waals surface area contributed by atoms with Crippen LogP contribution >= 0.6 is 0 Å². The maximum absolute atomic E-state index is 8.57. The van der Waals surface area contributed by atoms with Crippen LogP contribution in [0.25, 0.3) is 0 Å². The molecule has 6 nitrogen and oxygen atoms in total. The first-order valence-corrected chi connectivity index (χ1v) is 6.21. The first-order chi connectivity index (χ1) is 3.46. The van der Waals surface area contributed by atoms with Crippen molar-refractivity contribution in [3.05, 3.63) is 0 Å². The Morgan fingerprint density at radius 3 is 0.556 bits per heavy atom. The summed E-state index contributed by atoms with van der Waals surface area (Å²) in [6, 6.07) is 0. The molecule has 0 amide bonds. The van der Waals surface area contributed by atoms with Gasteiger partial charge in [0, 0.05) is 0 Å². The molecule has 0 fully saturated rings. The molecule has 52 valence electrons. The molecule has 0 rings (SSSR count). The minimum atomic E-state index is -4.01. The Balaban J connectivity index is -0.0000000720. The molecule has 0 aliphatic carbocycles. The Morgan fingerprint density at radius 1 is 0.556 bits per heavy atom. The van der Waals surface area contributed by atoms with Crippen molar-refractivity contribution in [1.29, 1.82) is 0 Å². The molecule has 0 aromatic rings. The molecule has 0 aliphatic rings. The van der Waals surface area contributed by atoms with Crippen molar-refractivity contribution in [3.63, 3.8) is 0 Å². The van der Waals surface area contributed by atoms with E-state index in [1.54, 1.807) is 0 Å². The molecule has 0 unspecified atom stereocenters. The second kappa shape index (κ2) is 12.8. The maximum Gasteiger partial charge on any atom is 2.00 e. The number of rotatable bonds is 0. The largest absolute Gasteiger partial charge is 2.00 e. The van der Waals surface area contributed by atoms with E-state index in [9.17, 15) is 0 Å². The first-order valence-electron chi connectivity index (χ1n) is 0.926. The van der Waals surface area contributed by atoms with E-state index in [2.05, 4.69) is 0 Å². The van der Waals surface area contributed by atoms with Crippen LogP contribution in [-0.2, 0) is 27.7 Å². The van der Waals surface area contributed by atoms with Gasteiger partial charge in [-0.1, -0.05) is 0 Å². The molecule has 9 heteroatoms. The van der Waals surface area contributed by atoms with Crippen LogP contribution in [0.2, 0.25) is 0 Å². The number of halogens is 2. The fourth-order valence-corrected chi connectivity index (χ4v) is 0. The van der Waals surface area contributed by atoms with Crippen LogP contribution in [0.1, 0.15) is 0 Å². The van der Waals surface area contributed by atoms with E-state index in [0.29, 0.717) is 0 Å². The topological polar surface area (TPSA) is 138 Å². The summed E-state index contributed by atoms with van der Waals surface area (Å²) in [5, 5.41) is 0. The molecule has 0 aromatic carbocycles. The van der Waals surface area contributed by atoms with Gasteiger partial charge in [-0.2, -0.15) is 0 Å². The van der Waals surface area contributed by atoms with E-state index < -0.39 is 42.1 Å².